The molecule has 3 aromatic rings. The largest absolute Gasteiger partial charge is 0.497 e. The second-order valence-corrected chi connectivity index (χ2v) is 5.56. The number of hydrogen-bond acceptors (Lipinski definition) is 4. The molecule has 0 saturated carbocycles. The van der Waals surface area contributed by atoms with Gasteiger partial charge in [0.1, 0.15) is 17.1 Å². The predicted molar refractivity (Wildman–Crippen MR) is 98.0 cm³/mol. The van der Waals surface area contributed by atoms with E-state index >= 15 is 0 Å². The summed E-state index contributed by atoms with van der Waals surface area (Å²) in [7, 11) is 3.14. The van der Waals surface area contributed by atoms with Gasteiger partial charge in [-0.3, -0.25) is 4.79 Å². The van der Waals surface area contributed by atoms with Gasteiger partial charge in [0.25, 0.3) is 5.56 Å². The van der Waals surface area contributed by atoms with Gasteiger partial charge in [-0.1, -0.05) is 12.1 Å². The highest BCUT2D eigenvalue weighted by Crippen LogP contribution is 2.32. The Morgan fingerprint density at radius 3 is 1.85 bits per heavy atom. The van der Waals surface area contributed by atoms with E-state index in [1.165, 1.54) is 6.07 Å². The number of H-pyrrole nitrogens is 1. The summed E-state index contributed by atoms with van der Waals surface area (Å²) < 4.78 is 10.3. The number of aromatic carboxylic acids is 1. The van der Waals surface area contributed by atoms with Crippen molar-refractivity contribution in [3.8, 4) is 33.9 Å². The first-order valence-electron chi connectivity index (χ1n) is 7.83. The Bertz CT molecular complexity index is 988. The Morgan fingerprint density at radius 1 is 0.885 bits per heavy atom. The lowest BCUT2D eigenvalue weighted by atomic mass is 9.97. The number of ether oxygens (including phenoxy) is 2. The smallest absolute Gasteiger partial charge is 0.341 e. The molecule has 3 rings (SSSR count). The molecule has 6 nitrogen and oxygen atoms in total. The molecule has 26 heavy (non-hydrogen) atoms. The van der Waals surface area contributed by atoms with Gasteiger partial charge in [0.2, 0.25) is 0 Å². The van der Waals surface area contributed by atoms with Crippen LogP contribution in [-0.2, 0) is 0 Å². The summed E-state index contributed by atoms with van der Waals surface area (Å²) in [6.07, 6.45) is 0. The number of benzene rings is 2. The van der Waals surface area contributed by atoms with Gasteiger partial charge in [0.15, 0.2) is 0 Å². The van der Waals surface area contributed by atoms with Crippen LogP contribution in [-0.4, -0.2) is 30.3 Å². The first-order valence-corrected chi connectivity index (χ1v) is 7.83. The Morgan fingerprint density at radius 2 is 1.38 bits per heavy atom. The number of carboxylic acids is 1. The van der Waals surface area contributed by atoms with Gasteiger partial charge in [0.05, 0.1) is 19.9 Å². The van der Waals surface area contributed by atoms with Crippen molar-refractivity contribution in [2.75, 3.05) is 14.2 Å². The minimum atomic E-state index is -1.28. The van der Waals surface area contributed by atoms with Crippen molar-refractivity contribution >= 4 is 5.97 Å². The van der Waals surface area contributed by atoms with Crippen molar-refractivity contribution < 1.29 is 19.4 Å². The zero-order valence-electron chi connectivity index (χ0n) is 14.3. The summed E-state index contributed by atoms with van der Waals surface area (Å²) >= 11 is 0. The molecular weight excluding hydrogens is 334 g/mol. The van der Waals surface area contributed by atoms with Crippen molar-refractivity contribution in [1.29, 1.82) is 0 Å². The van der Waals surface area contributed by atoms with Crippen LogP contribution in [0.15, 0.2) is 59.4 Å². The molecule has 0 unspecified atom stereocenters. The molecule has 1 heterocycles. The van der Waals surface area contributed by atoms with E-state index in [4.69, 9.17) is 9.47 Å². The van der Waals surface area contributed by atoms with E-state index in [-0.39, 0.29) is 5.56 Å². The average molecular weight is 351 g/mol. The van der Waals surface area contributed by atoms with E-state index in [9.17, 15) is 14.7 Å². The van der Waals surface area contributed by atoms with E-state index in [0.29, 0.717) is 22.8 Å². The summed E-state index contributed by atoms with van der Waals surface area (Å²) in [5.74, 6) is 0.0918. The quantitative estimate of drug-likeness (QED) is 0.735. The summed E-state index contributed by atoms with van der Waals surface area (Å²) in [6, 6.07) is 15.7. The number of hydrogen-bond donors (Lipinski definition) is 2. The topological polar surface area (TPSA) is 88.6 Å². The molecule has 0 saturated heterocycles. The third-order valence-electron chi connectivity index (χ3n) is 4.05. The molecule has 0 fully saturated rings. The van der Waals surface area contributed by atoms with Gasteiger partial charge in [-0.25, -0.2) is 4.79 Å². The Labute approximate surface area is 149 Å². The van der Waals surface area contributed by atoms with Crippen LogP contribution in [0.1, 0.15) is 10.4 Å². The standard InChI is InChI=1S/C20H17NO5/c1-25-14-7-3-12(4-8-14)16-11-17(20(23)24)19(22)21-18(16)13-5-9-15(26-2)10-6-13/h3-11H,1-2H3,(H,21,22)(H,23,24). The van der Waals surface area contributed by atoms with Crippen LogP contribution in [0.5, 0.6) is 11.5 Å². The summed E-state index contributed by atoms with van der Waals surface area (Å²) in [4.78, 5) is 26.3. The van der Waals surface area contributed by atoms with E-state index in [0.717, 1.165) is 11.1 Å². The third-order valence-corrected chi connectivity index (χ3v) is 4.05. The highest BCUT2D eigenvalue weighted by Gasteiger charge is 2.16. The van der Waals surface area contributed by atoms with E-state index in [2.05, 4.69) is 4.98 Å². The highest BCUT2D eigenvalue weighted by molar-refractivity contribution is 5.91. The second-order valence-electron chi connectivity index (χ2n) is 5.56. The average Bonchev–Trinajstić information content (AvgIpc) is 2.67. The molecule has 0 radical (unpaired) electrons. The fourth-order valence-corrected chi connectivity index (χ4v) is 2.67. The fourth-order valence-electron chi connectivity index (χ4n) is 2.67. The summed E-state index contributed by atoms with van der Waals surface area (Å²) in [5, 5.41) is 9.29. The second kappa shape index (κ2) is 7.14. The van der Waals surface area contributed by atoms with Gasteiger partial charge in [-0.15, -0.1) is 0 Å². The van der Waals surface area contributed by atoms with Crippen molar-refractivity contribution in [1.82, 2.24) is 4.98 Å². The fraction of sp³-hybridized carbons (Fsp3) is 0.100. The third kappa shape index (κ3) is 3.30. The summed E-state index contributed by atoms with van der Waals surface area (Å²) in [5.41, 5.74) is 1.68. The molecule has 0 aliphatic carbocycles. The SMILES string of the molecule is COc1ccc(-c2cc(C(=O)O)c(=O)[nH]c2-c2ccc(OC)cc2)cc1. The maximum atomic E-state index is 12.2. The van der Waals surface area contributed by atoms with E-state index in [1.807, 2.05) is 12.1 Å². The van der Waals surface area contributed by atoms with Crippen LogP contribution in [0.4, 0.5) is 0 Å². The number of carboxylic acid groups (broad SMARTS) is 1. The number of rotatable bonds is 5. The van der Waals surface area contributed by atoms with Gasteiger partial charge in [-0.2, -0.15) is 0 Å². The van der Waals surface area contributed by atoms with Crippen LogP contribution < -0.4 is 15.0 Å². The monoisotopic (exact) mass is 351 g/mol. The van der Waals surface area contributed by atoms with Crippen molar-refractivity contribution in [3.63, 3.8) is 0 Å². The zero-order chi connectivity index (χ0) is 18.7. The highest BCUT2D eigenvalue weighted by atomic mass is 16.5. The van der Waals surface area contributed by atoms with Gasteiger partial charge >= 0.3 is 5.97 Å². The van der Waals surface area contributed by atoms with Crippen molar-refractivity contribution in [2.45, 2.75) is 0 Å². The molecule has 0 amide bonds. The first kappa shape index (κ1) is 17.3. The maximum absolute atomic E-state index is 12.2. The Balaban J connectivity index is 2.22. The zero-order valence-corrected chi connectivity index (χ0v) is 14.3. The lowest BCUT2D eigenvalue weighted by Gasteiger charge is -2.12. The molecule has 1 aromatic heterocycles. The molecule has 2 N–H and O–H groups in total. The number of nitrogens with one attached hydrogen (secondary N) is 1. The molecule has 2 aromatic carbocycles. The number of carbonyl (C=O) groups is 1. The maximum Gasteiger partial charge on any atom is 0.341 e. The Kier molecular flexibility index (Phi) is 4.75. The number of pyridine rings is 1. The van der Waals surface area contributed by atoms with E-state index in [1.54, 1.807) is 50.6 Å². The van der Waals surface area contributed by atoms with Crippen LogP contribution in [0.25, 0.3) is 22.4 Å². The molecular formula is C20H17NO5. The number of methoxy groups -OCH3 is 2. The predicted octanol–water partition coefficient (Wildman–Crippen LogP) is 3.42. The van der Waals surface area contributed by atoms with Crippen LogP contribution in [0.2, 0.25) is 0 Å². The van der Waals surface area contributed by atoms with E-state index < -0.39 is 11.5 Å². The minimum Gasteiger partial charge on any atom is -0.497 e. The van der Waals surface area contributed by atoms with Crippen molar-refractivity contribution in [2.24, 2.45) is 0 Å². The van der Waals surface area contributed by atoms with Crippen molar-refractivity contribution in [3.05, 3.63) is 70.5 Å². The molecule has 0 aliphatic heterocycles. The minimum absolute atomic E-state index is 0.312. The molecule has 0 atom stereocenters. The Hall–Kier alpha value is -3.54. The molecule has 0 aliphatic rings. The number of aromatic amines is 1. The van der Waals surface area contributed by atoms with Crippen LogP contribution in [0.3, 0.4) is 0 Å². The van der Waals surface area contributed by atoms with Gasteiger partial charge in [-0.05, 0) is 53.6 Å². The number of aromatic nitrogens is 1. The molecule has 0 bridgehead atoms. The molecule has 0 spiro atoms. The molecule has 6 heteroatoms. The van der Waals surface area contributed by atoms with Gasteiger partial charge in [0, 0.05) is 5.56 Å². The summed E-state index contributed by atoms with van der Waals surface area (Å²) in [6.45, 7) is 0. The van der Waals surface area contributed by atoms with Crippen LogP contribution in [0, 0.1) is 0 Å². The molecule has 132 valence electrons. The lowest BCUT2D eigenvalue weighted by molar-refractivity contribution is 0.0695. The first-order chi connectivity index (χ1) is 12.5. The van der Waals surface area contributed by atoms with Gasteiger partial charge < -0.3 is 19.6 Å². The lowest BCUT2D eigenvalue weighted by Crippen LogP contribution is -2.18. The van der Waals surface area contributed by atoms with Crippen LogP contribution >= 0.6 is 0 Å². The normalized spacial score (nSPS) is 10.4.